The van der Waals surface area contributed by atoms with Crippen molar-refractivity contribution in [2.75, 3.05) is 6.54 Å². The highest BCUT2D eigenvalue weighted by molar-refractivity contribution is 4.99. The third kappa shape index (κ3) is 3.97. The zero-order valence-corrected chi connectivity index (χ0v) is 11.2. The Morgan fingerprint density at radius 1 is 1.44 bits per heavy atom. The van der Waals surface area contributed by atoms with Crippen molar-refractivity contribution < 1.29 is 0 Å². The van der Waals surface area contributed by atoms with Crippen LogP contribution in [-0.4, -0.2) is 16.3 Å². The molecule has 3 nitrogen and oxygen atoms in total. The van der Waals surface area contributed by atoms with E-state index in [9.17, 15) is 0 Å². The molecule has 0 atom stereocenters. The van der Waals surface area contributed by atoms with Gasteiger partial charge in [-0.3, -0.25) is 4.68 Å². The summed E-state index contributed by atoms with van der Waals surface area (Å²) in [4.78, 5) is 0. The van der Waals surface area contributed by atoms with Gasteiger partial charge in [0, 0.05) is 25.3 Å². The second kappa shape index (κ2) is 5.48. The topological polar surface area (TPSA) is 29.9 Å². The van der Waals surface area contributed by atoms with Crippen molar-refractivity contribution >= 4 is 0 Å². The maximum atomic E-state index is 4.51. The molecule has 1 aromatic rings. The third-order valence-electron chi connectivity index (χ3n) is 3.06. The maximum Gasteiger partial charge on any atom is 0.0762 e. The number of nitrogens with zero attached hydrogens (tertiary/aromatic N) is 2. The molecule has 3 heteroatoms. The monoisotopic (exact) mass is 223 g/mol. The quantitative estimate of drug-likeness (QED) is 0.803. The van der Waals surface area contributed by atoms with Gasteiger partial charge in [0.05, 0.1) is 5.69 Å². The Kier molecular flexibility index (Phi) is 4.54. The second-order valence-electron chi connectivity index (χ2n) is 5.50. The van der Waals surface area contributed by atoms with E-state index in [1.54, 1.807) is 0 Å². The Hall–Kier alpha value is -0.830. The predicted octanol–water partition coefficient (Wildman–Crippen LogP) is 2.99. The normalized spacial score (nSPS) is 12.4. The molecule has 92 valence electrons. The smallest absolute Gasteiger partial charge is 0.0762 e. The van der Waals surface area contributed by atoms with E-state index in [0.717, 1.165) is 18.8 Å². The molecule has 1 aromatic heterocycles. The van der Waals surface area contributed by atoms with Gasteiger partial charge < -0.3 is 5.32 Å². The molecule has 0 saturated carbocycles. The number of rotatable bonds is 6. The van der Waals surface area contributed by atoms with Gasteiger partial charge in [0.1, 0.15) is 0 Å². The summed E-state index contributed by atoms with van der Waals surface area (Å²) in [5.41, 5.74) is 1.50. The van der Waals surface area contributed by atoms with Gasteiger partial charge >= 0.3 is 0 Å². The Balaban J connectivity index is 2.37. The van der Waals surface area contributed by atoms with Gasteiger partial charge in [-0.05, 0) is 31.7 Å². The molecule has 0 radical (unpaired) electrons. The van der Waals surface area contributed by atoms with Gasteiger partial charge in [-0.2, -0.15) is 5.10 Å². The van der Waals surface area contributed by atoms with Crippen LogP contribution in [0.1, 0.15) is 52.8 Å². The minimum absolute atomic E-state index is 0.376. The van der Waals surface area contributed by atoms with E-state index in [-0.39, 0.29) is 0 Å². The predicted molar refractivity (Wildman–Crippen MR) is 68.4 cm³/mol. The van der Waals surface area contributed by atoms with Crippen LogP contribution in [0.2, 0.25) is 0 Å². The summed E-state index contributed by atoms with van der Waals surface area (Å²) in [7, 11) is 0. The fourth-order valence-corrected chi connectivity index (χ4v) is 1.41. The summed E-state index contributed by atoms with van der Waals surface area (Å²) in [6, 6.07) is 2.53. The largest absolute Gasteiger partial charge is 0.311 e. The molecule has 0 fully saturated rings. The highest BCUT2D eigenvalue weighted by Crippen LogP contribution is 2.17. The molecule has 1 N–H and O–H groups in total. The first-order valence-corrected chi connectivity index (χ1v) is 6.19. The minimum atomic E-state index is 0.376. The standard InChI is InChI=1S/C13H25N3/c1-6-13(4,5)10-14-9-12-7-8-16(15-12)11(2)3/h7-8,11,14H,6,9-10H2,1-5H3. The number of nitrogens with one attached hydrogen (secondary N) is 1. The molecule has 0 saturated heterocycles. The summed E-state index contributed by atoms with van der Waals surface area (Å²) in [6.45, 7) is 13.0. The van der Waals surface area contributed by atoms with Gasteiger partial charge in [0.2, 0.25) is 0 Å². The first-order valence-electron chi connectivity index (χ1n) is 6.19. The highest BCUT2D eigenvalue weighted by Gasteiger charge is 2.14. The van der Waals surface area contributed by atoms with Crippen LogP contribution >= 0.6 is 0 Å². The summed E-state index contributed by atoms with van der Waals surface area (Å²) in [5, 5.41) is 7.98. The lowest BCUT2D eigenvalue weighted by molar-refractivity contribution is 0.326. The van der Waals surface area contributed by atoms with Crippen LogP contribution < -0.4 is 5.32 Å². The molecule has 0 spiro atoms. The fourth-order valence-electron chi connectivity index (χ4n) is 1.41. The van der Waals surface area contributed by atoms with Gasteiger partial charge in [-0.1, -0.05) is 20.8 Å². The lowest BCUT2D eigenvalue weighted by Gasteiger charge is -2.22. The van der Waals surface area contributed by atoms with Crippen molar-refractivity contribution in [3.05, 3.63) is 18.0 Å². The van der Waals surface area contributed by atoms with Crippen LogP contribution in [0.15, 0.2) is 12.3 Å². The van der Waals surface area contributed by atoms with Crippen molar-refractivity contribution in [1.82, 2.24) is 15.1 Å². The zero-order chi connectivity index (χ0) is 12.2. The number of aromatic nitrogens is 2. The van der Waals surface area contributed by atoms with Crippen LogP contribution in [0.3, 0.4) is 0 Å². The Labute approximate surface area is 99.2 Å². The Morgan fingerprint density at radius 2 is 2.12 bits per heavy atom. The van der Waals surface area contributed by atoms with Gasteiger partial charge in [0.15, 0.2) is 0 Å². The van der Waals surface area contributed by atoms with Gasteiger partial charge in [-0.25, -0.2) is 0 Å². The molecular formula is C13H25N3. The molecule has 16 heavy (non-hydrogen) atoms. The average molecular weight is 223 g/mol. The molecule has 0 aromatic carbocycles. The van der Waals surface area contributed by atoms with E-state index >= 15 is 0 Å². The Morgan fingerprint density at radius 3 is 2.62 bits per heavy atom. The molecule has 1 rings (SSSR count). The first-order chi connectivity index (χ1) is 7.44. The molecular weight excluding hydrogens is 198 g/mol. The fraction of sp³-hybridized carbons (Fsp3) is 0.769. The van der Waals surface area contributed by atoms with Crippen LogP contribution in [0, 0.1) is 5.41 Å². The van der Waals surface area contributed by atoms with E-state index in [0.29, 0.717) is 11.5 Å². The summed E-state index contributed by atoms with van der Waals surface area (Å²) in [5.74, 6) is 0. The number of hydrogen-bond donors (Lipinski definition) is 1. The van der Waals surface area contributed by atoms with E-state index in [1.807, 2.05) is 10.9 Å². The van der Waals surface area contributed by atoms with Crippen LogP contribution in [-0.2, 0) is 6.54 Å². The molecule has 0 amide bonds. The molecule has 0 aliphatic heterocycles. The molecule has 0 aliphatic carbocycles. The Bertz CT molecular complexity index is 313. The van der Waals surface area contributed by atoms with Crippen molar-refractivity contribution in [3.8, 4) is 0 Å². The van der Waals surface area contributed by atoms with Crippen LogP contribution in [0.4, 0.5) is 0 Å². The summed E-state index contributed by atoms with van der Waals surface area (Å²) in [6.07, 6.45) is 3.24. The maximum absolute atomic E-state index is 4.51. The molecule has 1 heterocycles. The summed E-state index contributed by atoms with van der Waals surface area (Å²) < 4.78 is 2.00. The third-order valence-corrected chi connectivity index (χ3v) is 3.06. The van der Waals surface area contributed by atoms with Crippen molar-refractivity contribution in [1.29, 1.82) is 0 Å². The van der Waals surface area contributed by atoms with E-state index < -0.39 is 0 Å². The van der Waals surface area contributed by atoms with Gasteiger partial charge in [-0.15, -0.1) is 0 Å². The van der Waals surface area contributed by atoms with E-state index in [1.165, 1.54) is 6.42 Å². The van der Waals surface area contributed by atoms with Crippen molar-refractivity contribution in [2.45, 2.75) is 53.6 Å². The SMILES string of the molecule is CCC(C)(C)CNCc1ccn(C(C)C)n1. The number of hydrogen-bond acceptors (Lipinski definition) is 2. The summed E-state index contributed by atoms with van der Waals surface area (Å²) >= 11 is 0. The van der Waals surface area contributed by atoms with Gasteiger partial charge in [0.25, 0.3) is 0 Å². The zero-order valence-electron chi connectivity index (χ0n) is 11.2. The van der Waals surface area contributed by atoms with Crippen molar-refractivity contribution in [3.63, 3.8) is 0 Å². The van der Waals surface area contributed by atoms with E-state index in [4.69, 9.17) is 0 Å². The van der Waals surface area contributed by atoms with Crippen LogP contribution in [0.5, 0.6) is 0 Å². The lowest BCUT2D eigenvalue weighted by atomic mass is 9.90. The van der Waals surface area contributed by atoms with Crippen molar-refractivity contribution in [2.24, 2.45) is 5.41 Å². The highest BCUT2D eigenvalue weighted by atomic mass is 15.3. The molecule has 0 unspecified atom stereocenters. The average Bonchev–Trinajstić information content (AvgIpc) is 2.66. The minimum Gasteiger partial charge on any atom is -0.311 e. The van der Waals surface area contributed by atoms with E-state index in [2.05, 4.69) is 51.1 Å². The lowest BCUT2D eigenvalue weighted by Crippen LogP contribution is -2.28. The molecule has 0 aliphatic rings. The molecule has 0 bridgehead atoms. The van der Waals surface area contributed by atoms with Crippen LogP contribution in [0.25, 0.3) is 0 Å². The first kappa shape index (κ1) is 13.2. The second-order valence-corrected chi connectivity index (χ2v) is 5.50.